The molecule has 24 heavy (non-hydrogen) atoms. The van der Waals surface area contributed by atoms with Crippen molar-refractivity contribution in [1.29, 1.82) is 0 Å². The number of rotatable bonds is 16. The van der Waals surface area contributed by atoms with Crippen LogP contribution in [0, 0.1) is 37.5 Å². The summed E-state index contributed by atoms with van der Waals surface area (Å²) in [6.07, 6.45) is 20.8. The molecule has 0 heteroatoms. The monoisotopic (exact) mass is 332 g/mol. The minimum atomic E-state index is 0.920. The smallest absolute Gasteiger partial charge is 0.00886 e. The van der Waals surface area contributed by atoms with Crippen LogP contribution in [0.1, 0.15) is 117 Å². The summed E-state index contributed by atoms with van der Waals surface area (Å²) >= 11 is 0. The fraction of sp³-hybridized carbons (Fsp3) is 0.833. The van der Waals surface area contributed by atoms with Gasteiger partial charge in [-0.1, -0.05) is 105 Å². The molecule has 0 amide bonds. The second-order valence-electron chi connectivity index (χ2n) is 7.57. The minimum Gasteiger partial charge on any atom is -0.103 e. The fourth-order valence-electron chi connectivity index (χ4n) is 3.39. The maximum absolute atomic E-state index is 3.97. The van der Waals surface area contributed by atoms with Gasteiger partial charge in [-0.3, -0.25) is 0 Å². The number of unbranched alkanes of at least 4 members (excludes halogenated alkanes) is 7. The van der Waals surface area contributed by atoms with Gasteiger partial charge < -0.3 is 0 Å². The molecule has 0 aromatic carbocycles. The lowest BCUT2D eigenvalue weighted by Crippen LogP contribution is -2.01. The van der Waals surface area contributed by atoms with Gasteiger partial charge in [-0.05, 0) is 24.7 Å². The highest BCUT2D eigenvalue weighted by Gasteiger charge is 2.07. The maximum atomic E-state index is 3.97. The molecule has 2 atom stereocenters. The van der Waals surface area contributed by atoms with E-state index < -0.39 is 0 Å². The van der Waals surface area contributed by atoms with E-state index in [1.807, 2.05) is 0 Å². The minimum absolute atomic E-state index is 0.920. The molecule has 0 nitrogen and oxygen atoms in total. The van der Waals surface area contributed by atoms with Crippen LogP contribution in [0.25, 0.3) is 0 Å². The van der Waals surface area contributed by atoms with E-state index in [9.17, 15) is 0 Å². The quantitative estimate of drug-likeness (QED) is 0.197. The Bertz CT molecular complexity index is 293. The molecule has 0 spiro atoms. The zero-order chi connectivity index (χ0) is 17.9. The summed E-state index contributed by atoms with van der Waals surface area (Å²) in [5, 5.41) is 0. The van der Waals surface area contributed by atoms with Gasteiger partial charge in [0, 0.05) is 12.8 Å². The first-order valence-electron chi connectivity index (χ1n) is 10.8. The van der Waals surface area contributed by atoms with Crippen molar-refractivity contribution in [2.24, 2.45) is 11.8 Å². The van der Waals surface area contributed by atoms with Crippen LogP contribution in [-0.4, -0.2) is 0 Å². The molecule has 0 aromatic rings. The first-order valence-corrected chi connectivity index (χ1v) is 10.8. The second kappa shape index (κ2) is 18.9. The molecule has 2 radical (unpaired) electrons. The van der Waals surface area contributed by atoms with Crippen LogP contribution in [0.3, 0.4) is 0 Å². The highest BCUT2D eigenvalue weighted by atomic mass is 14.1. The molecule has 0 aliphatic heterocycles. The lowest BCUT2D eigenvalue weighted by molar-refractivity contribution is 0.372. The average molecular weight is 333 g/mol. The Morgan fingerprint density at radius 2 is 1.29 bits per heavy atom. The van der Waals surface area contributed by atoms with Gasteiger partial charge in [0.2, 0.25) is 0 Å². The third-order valence-corrected chi connectivity index (χ3v) is 5.17. The van der Waals surface area contributed by atoms with Gasteiger partial charge in [-0.15, -0.1) is 11.8 Å². The van der Waals surface area contributed by atoms with Crippen LogP contribution in [0.5, 0.6) is 0 Å². The average Bonchev–Trinajstić information content (AvgIpc) is 2.59. The van der Waals surface area contributed by atoms with E-state index in [0.717, 1.165) is 37.5 Å². The predicted molar refractivity (Wildman–Crippen MR) is 111 cm³/mol. The summed E-state index contributed by atoms with van der Waals surface area (Å²) in [5.74, 6) is 8.31. The van der Waals surface area contributed by atoms with E-state index in [2.05, 4.69) is 39.5 Å². The van der Waals surface area contributed by atoms with Gasteiger partial charge >= 0.3 is 0 Å². The summed E-state index contributed by atoms with van der Waals surface area (Å²) in [4.78, 5) is 0. The molecule has 0 saturated carbocycles. The molecule has 0 aliphatic rings. The van der Waals surface area contributed by atoms with Gasteiger partial charge in [0.05, 0.1) is 0 Å². The zero-order valence-electron chi connectivity index (χ0n) is 16.9. The summed E-state index contributed by atoms with van der Waals surface area (Å²) in [6.45, 7) is 12.6. The predicted octanol–water partition coefficient (Wildman–Crippen LogP) is 8.17. The topological polar surface area (TPSA) is 0 Å². The van der Waals surface area contributed by atoms with Crippen molar-refractivity contribution in [3.8, 4) is 11.8 Å². The highest BCUT2D eigenvalue weighted by molar-refractivity contribution is 4.98. The van der Waals surface area contributed by atoms with Crippen molar-refractivity contribution in [1.82, 2.24) is 0 Å². The Hall–Kier alpha value is -0.440. The van der Waals surface area contributed by atoms with Gasteiger partial charge in [-0.2, -0.15) is 0 Å². The van der Waals surface area contributed by atoms with Crippen LogP contribution in [-0.2, 0) is 0 Å². The van der Waals surface area contributed by atoms with E-state index in [1.54, 1.807) is 0 Å². The maximum Gasteiger partial charge on any atom is 0.00886 e. The van der Waals surface area contributed by atoms with Gasteiger partial charge in [0.25, 0.3) is 0 Å². The van der Waals surface area contributed by atoms with E-state index in [-0.39, 0.29) is 0 Å². The van der Waals surface area contributed by atoms with Crippen molar-refractivity contribution in [3.05, 3.63) is 13.8 Å². The van der Waals surface area contributed by atoms with Gasteiger partial charge in [0.1, 0.15) is 0 Å². The van der Waals surface area contributed by atoms with Gasteiger partial charge in [-0.25, -0.2) is 0 Å². The Kier molecular flexibility index (Phi) is 18.5. The molecule has 0 bridgehead atoms. The van der Waals surface area contributed by atoms with Crippen LogP contribution >= 0.6 is 0 Å². The molecular weight excluding hydrogens is 288 g/mol. The molecule has 0 rings (SSSR count). The lowest BCUT2D eigenvalue weighted by Gasteiger charge is -2.16. The van der Waals surface area contributed by atoms with E-state index in [0.29, 0.717) is 0 Å². The van der Waals surface area contributed by atoms with E-state index in [4.69, 9.17) is 0 Å². The molecule has 0 fully saturated rings. The Morgan fingerprint density at radius 1 is 0.667 bits per heavy atom. The summed E-state index contributed by atoms with van der Waals surface area (Å²) in [6, 6.07) is 0. The zero-order valence-corrected chi connectivity index (χ0v) is 16.9. The van der Waals surface area contributed by atoms with Crippen molar-refractivity contribution >= 4 is 0 Å². The van der Waals surface area contributed by atoms with Crippen LogP contribution in [0.2, 0.25) is 0 Å². The molecule has 0 heterocycles. The molecule has 2 unspecified atom stereocenters. The molecule has 0 aliphatic carbocycles. The first kappa shape index (κ1) is 23.6. The third-order valence-electron chi connectivity index (χ3n) is 5.17. The van der Waals surface area contributed by atoms with Crippen LogP contribution in [0.4, 0.5) is 0 Å². The van der Waals surface area contributed by atoms with Crippen molar-refractivity contribution in [2.75, 3.05) is 0 Å². The Balaban J connectivity index is 3.40. The van der Waals surface area contributed by atoms with E-state index in [1.165, 1.54) is 77.0 Å². The Morgan fingerprint density at radius 3 is 2.00 bits per heavy atom. The van der Waals surface area contributed by atoms with Crippen molar-refractivity contribution in [3.63, 3.8) is 0 Å². The van der Waals surface area contributed by atoms with Crippen molar-refractivity contribution in [2.45, 2.75) is 117 Å². The van der Waals surface area contributed by atoms with Crippen LogP contribution in [0.15, 0.2) is 0 Å². The second-order valence-corrected chi connectivity index (χ2v) is 7.57. The lowest BCUT2D eigenvalue weighted by atomic mass is 9.90. The third kappa shape index (κ3) is 16.4. The normalized spacial score (nSPS) is 13.3. The van der Waals surface area contributed by atoms with Gasteiger partial charge in [0.15, 0.2) is 0 Å². The van der Waals surface area contributed by atoms with Crippen molar-refractivity contribution < 1.29 is 0 Å². The molecule has 0 N–H and O–H groups in total. The largest absolute Gasteiger partial charge is 0.103 e. The summed E-state index contributed by atoms with van der Waals surface area (Å²) in [5.41, 5.74) is 0. The van der Waals surface area contributed by atoms with Crippen LogP contribution < -0.4 is 0 Å². The SMILES string of the molecule is [CH2]CCC#CCCCCCCCC(C)CCCC(CC)CCC[CH2]. The highest BCUT2D eigenvalue weighted by Crippen LogP contribution is 2.23. The molecule has 0 saturated heterocycles. The first-order chi connectivity index (χ1) is 11.7. The summed E-state index contributed by atoms with van der Waals surface area (Å²) in [7, 11) is 0. The Labute approximate surface area is 154 Å². The molecule has 0 aromatic heterocycles. The molecule has 140 valence electrons. The summed E-state index contributed by atoms with van der Waals surface area (Å²) < 4.78 is 0. The van der Waals surface area contributed by atoms with E-state index >= 15 is 0 Å². The molecular formula is C24H44. The standard InChI is InChI=1S/C24H44/c1-5-8-10-11-12-13-14-15-16-17-19-23(4)20-18-22-24(7-3)21-9-6-2/h23-24H,1-2,5-9,12-22H2,3-4H3. The number of hydrogen-bond acceptors (Lipinski definition) is 0. The fourth-order valence-corrected chi connectivity index (χ4v) is 3.39. The number of hydrogen-bond donors (Lipinski definition) is 0.